The molecule has 0 aliphatic carbocycles. The van der Waals surface area contributed by atoms with Crippen LogP contribution in [0.4, 0.5) is 5.69 Å². The van der Waals surface area contributed by atoms with Crippen LogP contribution < -0.4 is 9.62 Å². The number of carbonyl (C=O) groups excluding carboxylic acids is 1. The molecule has 2 aromatic rings. The highest BCUT2D eigenvalue weighted by atomic mass is 32.2. The summed E-state index contributed by atoms with van der Waals surface area (Å²) in [6, 6.07) is 10.8. The monoisotopic (exact) mass is 306 g/mol. The quantitative estimate of drug-likeness (QED) is 0.652. The van der Waals surface area contributed by atoms with Gasteiger partial charge in [0.05, 0.1) is 4.90 Å². The summed E-state index contributed by atoms with van der Waals surface area (Å²) in [6.45, 7) is 0.107. The summed E-state index contributed by atoms with van der Waals surface area (Å²) in [4.78, 5) is 12.5. The topological polar surface area (TPSA) is 66.5 Å². The second kappa shape index (κ2) is 6.24. The van der Waals surface area contributed by atoms with Crippen LogP contribution in [-0.4, -0.2) is 35.3 Å². The van der Waals surface area contributed by atoms with E-state index < -0.39 is 10.0 Å². The minimum atomic E-state index is -3.63. The SMILES string of the molecule is CN(C)c1cccc2c(S(=O)(=O)NCCC=O)cccc12. The molecule has 0 bridgehead atoms. The third kappa shape index (κ3) is 3.22. The molecule has 0 unspecified atom stereocenters. The standard InChI is InChI=1S/C15H18N2O3S/c1-17(2)14-8-3-7-13-12(14)6-4-9-15(13)21(19,20)16-10-5-11-18/h3-4,6-9,11,16H,5,10H2,1-2H3. The Hall–Kier alpha value is -1.92. The van der Waals surface area contributed by atoms with Gasteiger partial charge in [-0.05, 0) is 12.1 Å². The fourth-order valence-electron chi connectivity index (χ4n) is 2.22. The van der Waals surface area contributed by atoms with Gasteiger partial charge in [0.1, 0.15) is 6.29 Å². The van der Waals surface area contributed by atoms with Crippen molar-refractivity contribution in [2.24, 2.45) is 0 Å². The predicted molar refractivity (Wildman–Crippen MR) is 84.1 cm³/mol. The first-order valence-electron chi connectivity index (χ1n) is 6.60. The molecule has 0 aliphatic heterocycles. The molecule has 0 heterocycles. The number of hydrogen-bond acceptors (Lipinski definition) is 4. The Morgan fingerprint density at radius 1 is 1.10 bits per heavy atom. The first-order valence-corrected chi connectivity index (χ1v) is 8.08. The molecule has 1 N–H and O–H groups in total. The summed E-state index contributed by atoms with van der Waals surface area (Å²) in [5, 5.41) is 1.54. The molecule has 5 nitrogen and oxygen atoms in total. The Labute approximate surface area is 124 Å². The summed E-state index contributed by atoms with van der Waals surface area (Å²) in [5.41, 5.74) is 0.956. The van der Waals surface area contributed by atoms with Crippen LogP contribution >= 0.6 is 0 Å². The zero-order valence-electron chi connectivity index (χ0n) is 12.0. The van der Waals surface area contributed by atoms with E-state index >= 15 is 0 Å². The number of anilines is 1. The van der Waals surface area contributed by atoms with E-state index in [1.807, 2.05) is 37.2 Å². The third-order valence-electron chi connectivity index (χ3n) is 3.18. The van der Waals surface area contributed by atoms with Crippen LogP contribution in [0, 0.1) is 0 Å². The van der Waals surface area contributed by atoms with Gasteiger partial charge in [-0.3, -0.25) is 0 Å². The predicted octanol–water partition coefficient (Wildman–Crippen LogP) is 1.77. The first-order chi connectivity index (χ1) is 9.97. The number of sulfonamides is 1. The van der Waals surface area contributed by atoms with Gasteiger partial charge < -0.3 is 9.69 Å². The van der Waals surface area contributed by atoms with Crippen molar-refractivity contribution in [3.63, 3.8) is 0 Å². The number of fused-ring (bicyclic) bond motifs is 1. The van der Waals surface area contributed by atoms with Gasteiger partial charge in [0.2, 0.25) is 10.0 Å². The van der Waals surface area contributed by atoms with Gasteiger partial charge in [-0.2, -0.15) is 0 Å². The molecule has 21 heavy (non-hydrogen) atoms. The summed E-state index contributed by atoms with van der Waals surface area (Å²) in [5.74, 6) is 0. The van der Waals surface area contributed by atoms with Crippen LogP contribution in [0.15, 0.2) is 41.3 Å². The summed E-state index contributed by atoms with van der Waals surface area (Å²) < 4.78 is 27.2. The zero-order valence-corrected chi connectivity index (χ0v) is 12.9. The Kier molecular flexibility index (Phi) is 4.59. The van der Waals surface area contributed by atoms with Gasteiger partial charge in [0, 0.05) is 43.5 Å². The Bertz CT molecular complexity index is 755. The smallest absolute Gasteiger partial charge is 0.241 e. The van der Waals surface area contributed by atoms with Crippen LogP contribution in [0.3, 0.4) is 0 Å². The van der Waals surface area contributed by atoms with Crippen LogP contribution in [-0.2, 0) is 14.8 Å². The highest BCUT2D eigenvalue weighted by Gasteiger charge is 2.17. The average Bonchev–Trinajstić information content (AvgIpc) is 2.46. The van der Waals surface area contributed by atoms with E-state index in [0.29, 0.717) is 11.7 Å². The van der Waals surface area contributed by atoms with Crippen molar-refractivity contribution in [2.45, 2.75) is 11.3 Å². The van der Waals surface area contributed by atoms with Crippen LogP contribution in [0.25, 0.3) is 10.8 Å². The number of benzene rings is 2. The Morgan fingerprint density at radius 3 is 2.43 bits per heavy atom. The van der Waals surface area contributed by atoms with Crippen molar-refractivity contribution in [3.05, 3.63) is 36.4 Å². The lowest BCUT2D eigenvalue weighted by molar-refractivity contribution is -0.107. The van der Waals surface area contributed by atoms with E-state index in [1.54, 1.807) is 18.2 Å². The maximum absolute atomic E-state index is 12.4. The van der Waals surface area contributed by atoms with Crippen LogP contribution in [0.5, 0.6) is 0 Å². The molecule has 0 saturated carbocycles. The van der Waals surface area contributed by atoms with Gasteiger partial charge in [-0.1, -0.05) is 24.3 Å². The molecule has 0 aromatic heterocycles. The maximum atomic E-state index is 12.4. The lowest BCUT2D eigenvalue weighted by Gasteiger charge is -2.17. The van der Waals surface area contributed by atoms with Crippen molar-refractivity contribution < 1.29 is 13.2 Å². The minimum absolute atomic E-state index is 0.107. The molecule has 0 fully saturated rings. The molecule has 0 amide bonds. The minimum Gasteiger partial charge on any atom is -0.377 e. The average molecular weight is 306 g/mol. The molecule has 112 valence electrons. The van der Waals surface area contributed by atoms with Gasteiger partial charge >= 0.3 is 0 Å². The molecule has 6 heteroatoms. The van der Waals surface area contributed by atoms with Crippen LogP contribution in [0.1, 0.15) is 6.42 Å². The van der Waals surface area contributed by atoms with Crippen LogP contribution in [0.2, 0.25) is 0 Å². The molecule has 0 radical (unpaired) electrons. The molecule has 0 atom stereocenters. The molecule has 2 aromatic carbocycles. The number of rotatable bonds is 6. The fraction of sp³-hybridized carbons (Fsp3) is 0.267. The second-order valence-corrected chi connectivity index (χ2v) is 6.61. The summed E-state index contributed by atoms with van der Waals surface area (Å²) in [7, 11) is 0.201. The van der Waals surface area contributed by atoms with Crippen molar-refractivity contribution in [3.8, 4) is 0 Å². The Morgan fingerprint density at radius 2 is 1.76 bits per heavy atom. The molecule has 0 saturated heterocycles. The van der Waals surface area contributed by atoms with E-state index in [1.165, 1.54) is 0 Å². The molecular weight excluding hydrogens is 288 g/mol. The van der Waals surface area contributed by atoms with E-state index in [0.717, 1.165) is 11.1 Å². The molecule has 0 spiro atoms. The van der Waals surface area contributed by atoms with E-state index in [-0.39, 0.29) is 17.9 Å². The molecule has 2 rings (SSSR count). The number of nitrogens with zero attached hydrogens (tertiary/aromatic N) is 1. The number of aldehydes is 1. The second-order valence-electron chi connectivity index (χ2n) is 4.88. The lowest BCUT2D eigenvalue weighted by atomic mass is 10.1. The summed E-state index contributed by atoms with van der Waals surface area (Å²) >= 11 is 0. The van der Waals surface area contributed by atoms with E-state index in [9.17, 15) is 13.2 Å². The Balaban J connectivity index is 2.55. The van der Waals surface area contributed by atoms with Crippen molar-refractivity contribution in [1.82, 2.24) is 4.72 Å². The van der Waals surface area contributed by atoms with Gasteiger partial charge in [-0.15, -0.1) is 0 Å². The van der Waals surface area contributed by atoms with Crippen molar-refractivity contribution in [2.75, 3.05) is 25.5 Å². The van der Waals surface area contributed by atoms with Gasteiger partial charge in [0.15, 0.2) is 0 Å². The highest BCUT2D eigenvalue weighted by Crippen LogP contribution is 2.29. The van der Waals surface area contributed by atoms with Gasteiger partial charge in [0.25, 0.3) is 0 Å². The van der Waals surface area contributed by atoms with Crippen molar-refractivity contribution >= 4 is 32.8 Å². The van der Waals surface area contributed by atoms with E-state index in [4.69, 9.17) is 0 Å². The number of carbonyl (C=O) groups is 1. The fourth-order valence-corrected chi connectivity index (χ4v) is 3.49. The van der Waals surface area contributed by atoms with E-state index in [2.05, 4.69) is 4.72 Å². The third-order valence-corrected chi connectivity index (χ3v) is 4.70. The number of hydrogen-bond donors (Lipinski definition) is 1. The largest absolute Gasteiger partial charge is 0.377 e. The normalized spacial score (nSPS) is 11.5. The zero-order chi connectivity index (χ0) is 15.5. The van der Waals surface area contributed by atoms with Crippen molar-refractivity contribution in [1.29, 1.82) is 0 Å². The molecule has 0 aliphatic rings. The molecular formula is C15H18N2O3S. The lowest BCUT2D eigenvalue weighted by Crippen LogP contribution is -2.25. The highest BCUT2D eigenvalue weighted by molar-refractivity contribution is 7.89. The first kappa shape index (κ1) is 15.5. The maximum Gasteiger partial charge on any atom is 0.241 e. The summed E-state index contributed by atoms with van der Waals surface area (Å²) in [6.07, 6.45) is 0.850. The number of nitrogens with one attached hydrogen (secondary N) is 1. The van der Waals surface area contributed by atoms with Gasteiger partial charge in [-0.25, -0.2) is 13.1 Å².